The van der Waals surface area contributed by atoms with Crippen LogP contribution in [0.3, 0.4) is 0 Å². The van der Waals surface area contributed by atoms with Crippen LogP contribution < -0.4 is 10.6 Å². The van der Waals surface area contributed by atoms with Crippen molar-refractivity contribution in [3.8, 4) is 0 Å². The number of nitrogens with one attached hydrogen (secondary N) is 2. The van der Waals surface area contributed by atoms with Crippen LogP contribution in [0.15, 0.2) is 48.5 Å². The minimum absolute atomic E-state index is 0.00993. The normalized spacial score (nSPS) is 10.7. The maximum atomic E-state index is 13.3. The summed E-state index contributed by atoms with van der Waals surface area (Å²) in [5, 5.41) is 5.51. The molecule has 0 fully saturated rings. The van der Waals surface area contributed by atoms with Crippen LogP contribution in [0.1, 0.15) is 25.6 Å². The Morgan fingerprint density at radius 3 is 2.70 bits per heavy atom. The van der Waals surface area contributed by atoms with Gasteiger partial charge in [0.25, 0.3) is 0 Å². The molecule has 2 aromatic carbocycles. The van der Waals surface area contributed by atoms with Gasteiger partial charge in [-0.05, 0) is 36.8 Å². The van der Waals surface area contributed by atoms with Crippen LogP contribution in [0.25, 0.3) is 11.0 Å². The van der Waals surface area contributed by atoms with Crippen LogP contribution in [-0.2, 0) is 22.7 Å². The van der Waals surface area contributed by atoms with E-state index in [4.69, 9.17) is 0 Å². The number of imidazole rings is 1. The molecule has 0 aliphatic carbocycles. The highest BCUT2D eigenvalue weighted by Gasteiger charge is 2.14. The van der Waals surface area contributed by atoms with Crippen molar-refractivity contribution in [1.29, 1.82) is 0 Å². The second kappa shape index (κ2) is 8.44. The highest BCUT2D eigenvalue weighted by Crippen LogP contribution is 2.17. The number of para-hydroxylation sites is 2. The van der Waals surface area contributed by atoms with Gasteiger partial charge in [0.2, 0.25) is 11.8 Å². The fourth-order valence-electron chi connectivity index (χ4n) is 2.84. The maximum Gasteiger partial charge on any atom is 0.244 e. The predicted molar refractivity (Wildman–Crippen MR) is 102 cm³/mol. The molecule has 0 saturated carbocycles. The van der Waals surface area contributed by atoms with Crippen molar-refractivity contribution in [2.45, 2.75) is 32.9 Å². The Hall–Kier alpha value is -3.22. The van der Waals surface area contributed by atoms with Crippen LogP contribution >= 0.6 is 0 Å². The van der Waals surface area contributed by atoms with Gasteiger partial charge in [-0.3, -0.25) is 9.59 Å². The standard InChI is InChI=1S/C20H21FN4O2/c1-2-6-19(26)22-12-18-24-16-9-3-4-10-17(16)25(18)13-20(27)23-15-8-5-7-14(21)11-15/h3-5,7-11H,2,6,12-13H2,1H3,(H,22,26)(H,23,27). The first-order valence-corrected chi connectivity index (χ1v) is 8.83. The zero-order chi connectivity index (χ0) is 19.2. The van der Waals surface area contributed by atoms with Gasteiger partial charge < -0.3 is 15.2 Å². The van der Waals surface area contributed by atoms with Gasteiger partial charge in [-0.1, -0.05) is 25.1 Å². The lowest BCUT2D eigenvalue weighted by molar-refractivity contribution is -0.121. The molecule has 6 nitrogen and oxygen atoms in total. The van der Waals surface area contributed by atoms with E-state index in [-0.39, 0.29) is 24.9 Å². The van der Waals surface area contributed by atoms with Gasteiger partial charge in [-0.15, -0.1) is 0 Å². The van der Waals surface area contributed by atoms with Crippen LogP contribution in [-0.4, -0.2) is 21.4 Å². The SMILES string of the molecule is CCCC(=O)NCc1nc2ccccc2n1CC(=O)Nc1cccc(F)c1. The van der Waals surface area contributed by atoms with Crippen LogP contribution in [0, 0.1) is 5.82 Å². The summed E-state index contributed by atoms with van der Waals surface area (Å²) in [5.41, 5.74) is 1.93. The van der Waals surface area contributed by atoms with Crippen LogP contribution in [0.4, 0.5) is 10.1 Å². The Bertz CT molecular complexity index is 968. The summed E-state index contributed by atoms with van der Waals surface area (Å²) >= 11 is 0. The van der Waals surface area contributed by atoms with E-state index in [2.05, 4.69) is 15.6 Å². The average Bonchev–Trinajstić information content (AvgIpc) is 2.98. The molecule has 2 amide bonds. The smallest absolute Gasteiger partial charge is 0.244 e. The molecule has 0 atom stereocenters. The first-order valence-electron chi connectivity index (χ1n) is 8.83. The minimum Gasteiger partial charge on any atom is -0.349 e. The second-order valence-electron chi connectivity index (χ2n) is 6.19. The first-order chi connectivity index (χ1) is 13.1. The molecular weight excluding hydrogens is 347 g/mol. The third-order valence-electron chi connectivity index (χ3n) is 4.06. The lowest BCUT2D eigenvalue weighted by Gasteiger charge is -2.11. The van der Waals surface area contributed by atoms with Crippen molar-refractivity contribution < 1.29 is 14.0 Å². The zero-order valence-corrected chi connectivity index (χ0v) is 15.0. The molecule has 2 N–H and O–H groups in total. The van der Waals surface area contributed by atoms with Crippen molar-refractivity contribution in [3.05, 3.63) is 60.2 Å². The molecule has 0 spiro atoms. The number of anilines is 1. The third kappa shape index (κ3) is 4.69. The Kier molecular flexibility index (Phi) is 5.80. The number of carbonyl (C=O) groups excluding carboxylic acids is 2. The summed E-state index contributed by atoms with van der Waals surface area (Å²) in [5.74, 6) is -0.180. The number of halogens is 1. The molecule has 0 radical (unpaired) electrons. The average molecular weight is 368 g/mol. The third-order valence-corrected chi connectivity index (χ3v) is 4.06. The van der Waals surface area contributed by atoms with Gasteiger partial charge in [0.15, 0.2) is 0 Å². The van der Waals surface area contributed by atoms with Gasteiger partial charge in [-0.25, -0.2) is 9.37 Å². The highest BCUT2D eigenvalue weighted by atomic mass is 19.1. The Labute approximate surface area is 156 Å². The molecule has 140 valence electrons. The van der Waals surface area contributed by atoms with E-state index in [1.165, 1.54) is 18.2 Å². The Balaban J connectivity index is 1.80. The number of benzene rings is 2. The number of aromatic nitrogens is 2. The van der Waals surface area contributed by atoms with Crippen molar-refractivity contribution in [3.63, 3.8) is 0 Å². The molecule has 0 aliphatic heterocycles. The van der Waals surface area contributed by atoms with Gasteiger partial charge in [-0.2, -0.15) is 0 Å². The van der Waals surface area contributed by atoms with Crippen molar-refractivity contribution in [2.24, 2.45) is 0 Å². The highest BCUT2D eigenvalue weighted by molar-refractivity contribution is 5.91. The maximum absolute atomic E-state index is 13.3. The van der Waals surface area contributed by atoms with Crippen LogP contribution in [0.2, 0.25) is 0 Å². The van der Waals surface area contributed by atoms with Crippen molar-refractivity contribution in [2.75, 3.05) is 5.32 Å². The lowest BCUT2D eigenvalue weighted by atomic mass is 10.3. The van der Waals surface area contributed by atoms with E-state index >= 15 is 0 Å². The van der Waals surface area contributed by atoms with Gasteiger partial charge in [0.1, 0.15) is 18.2 Å². The van der Waals surface area contributed by atoms with Crippen molar-refractivity contribution in [1.82, 2.24) is 14.9 Å². The molecule has 0 aliphatic rings. The van der Waals surface area contributed by atoms with Gasteiger partial charge >= 0.3 is 0 Å². The molecule has 3 aromatic rings. The molecule has 1 aromatic heterocycles. The summed E-state index contributed by atoms with van der Waals surface area (Å²) in [4.78, 5) is 28.8. The number of fused-ring (bicyclic) bond motifs is 1. The van der Waals surface area contributed by atoms with Gasteiger partial charge in [0.05, 0.1) is 17.6 Å². The second-order valence-corrected chi connectivity index (χ2v) is 6.19. The fraction of sp³-hybridized carbons (Fsp3) is 0.250. The first kappa shape index (κ1) is 18.6. The summed E-state index contributed by atoms with van der Waals surface area (Å²) in [6, 6.07) is 13.2. The van der Waals surface area contributed by atoms with Crippen LogP contribution in [0.5, 0.6) is 0 Å². The minimum atomic E-state index is -0.416. The number of rotatable bonds is 7. The zero-order valence-electron chi connectivity index (χ0n) is 15.0. The molecule has 7 heteroatoms. The number of carbonyl (C=O) groups is 2. The molecule has 3 rings (SSSR count). The number of nitrogens with zero attached hydrogens (tertiary/aromatic N) is 2. The number of hydrogen-bond acceptors (Lipinski definition) is 3. The molecule has 1 heterocycles. The topological polar surface area (TPSA) is 76.0 Å². The molecule has 27 heavy (non-hydrogen) atoms. The molecule has 0 bridgehead atoms. The summed E-state index contributed by atoms with van der Waals surface area (Å²) < 4.78 is 15.1. The quantitative estimate of drug-likeness (QED) is 0.672. The monoisotopic (exact) mass is 368 g/mol. The predicted octanol–water partition coefficient (Wildman–Crippen LogP) is 3.23. The van der Waals surface area contributed by atoms with E-state index in [1.54, 1.807) is 10.6 Å². The molecular formula is C20H21FN4O2. The summed E-state index contributed by atoms with van der Waals surface area (Å²) in [7, 11) is 0. The van der Waals surface area contributed by atoms with E-state index in [0.717, 1.165) is 17.5 Å². The largest absolute Gasteiger partial charge is 0.349 e. The molecule has 0 unspecified atom stereocenters. The molecule has 0 saturated heterocycles. The number of hydrogen-bond donors (Lipinski definition) is 2. The van der Waals surface area contributed by atoms with Crippen molar-refractivity contribution >= 4 is 28.5 Å². The Morgan fingerprint density at radius 2 is 1.93 bits per heavy atom. The fourth-order valence-corrected chi connectivity index (χ4v) is 2.84. The van der Waals surface area contributed by atoms with E-state index in [1.807, 2.05) is 31.2 Å². The lowest BCUT2D eigenvalue weighted by Crippen LogP contribution is -2.26. The van der Waals surface area contributed by atoms with E-state index < -0.39 is 5.82 Å². The number of amides is 2. The van der Waals surface area contributed by atoms with E-state index in [9.17, 15) is 14.0 Å². The summed E-state index contributed by atoms with van der Waals surface area (Å²) in [6.07, 6.45) is 1.21. The summed E-state index contributed by atoms with van der Waals surface area (Å²) in [6.45, 7) is 2.18. The Morgan fingerprint density at radius 1 is 1.11 bits per heavy atom. The van der Waals surface area contributed by atoms with E-state index in [0.29, 0.717) is 17.9 Å². The van der Waals surface area contributed by atoms with Gasteiger partial charge in [0, 0.05) is 12.1 Å².